The van der Waals surface area contributed by atoms with Gasteiger partial charge in [0.25, 0.3) is 10.1 Å². The fourth-order valence-corrected chi connectivity index (χ4v) is 8.89. The molecule has 5 nitrogen and oxygen atoms in total. The largest absolute Gasteiger partial charge is 0.338 e. The normalized spacial score (nSPS) is 41.2. The van der Waals surface area contributed by atoms with Crippen LogP contribution < -0.4 is 0 Å². The summed E-state index contributed by atoms with van der Waals surface area (Å²) in [4.78, 5) is 15.8. The minimum absolute atomic E-state index is 0.0491. The Balaban J connectivity index is 1.59. The molecule has 6 heteroatoms. The van der Waals surface area contributed by atoms with E-state index >= 15 is 0 Å². The van der Waals surface area contributed by atoms with Crippen molar-refractivity contribution in [3.05, 3.63) is 23.1 Å². The second-order valence-corrected chi connectivity index (χ2v) is 13.3. The van der Waals surface area contributed by atoms with E-state index in [4.69, 9.17) is 0 Å². The zero-order chi connectivity index (χ0) is 23.6. The molecule has 0 saturated heterocycles. The highest BCUT2D eigenvalue weighted by Gasteiger charge is 2.61. The summed E-state index contributed by atoms with van der Waals surface area (Å²) in [5.74, 6) is 2.22. The zero-order valence-corrected chi connectivity index (χ0v) is 21.4. The van der Waals surface area contributed by atoms with E-state index in [-0.39, 0.29) is 39.7 Å². The first-order chi connectivity index (χ1) is 14.8. The van der Waals surface area contributed by atoms with Crippen LogP contribution in [-0.4, -0.2) is 35.9 Å². The lowest BCUT2D eigenvalue weighted by atomic mass is 9.46. The van der Waals surface area contributed by atoms with Gasteiger partial charge in [-0.25, -0.2) is 0 Å². The van der Waals surface area contributed by atoms with E-state index in [1.807, 2.05) is 0 Å². The van der Waals surface area contributed by atoms with Gasteiger partial charge in [0.2, 0.25) is 5.91 Å². The van der Waals surface area contributed by atoms with Gasteiger partial charge in [0.15, 0.2) is 0 Å². The van der Waals surface area contributed by atoms with Crippen molar-refractivity contribution in [1.82, 2.24) is 4.90 Å². The van der Waals surface area contributed by atoms with Crippen molar-refractivity contribution in [2.75, 3.05) is 0 Å². The summed E-state index contributed by atoms with van der Waals surface area (Å²) in [6.07, 6.45) is 11.7. The molecule has 0 radical (unpaired) electrons. The van der Waals surface area contributed by atoms with Gasteiger partial charge in [0.1, 0.15) is 0 Å². The van der Waals surface area contributed by atoms with Gasteiger partial charge in [-0.3, -0.25) is 9.35 Å². The number of hydrogen-bond acceptors (Lipinski definition) is 3. The van der Waals surface area contributed by atoms with Crippen LogP contribution in [0, 0.1) is 40.4 Å². The van der Waals surface area contributed by atoms with Crippen molar-refractivity contribution in [3.8, 4) is 0 Å². The first-order valence-electron chi connectivity index (χ1n) is 12.5. The third-order valence-corrected chi connectivity index (χ3v) is 10.6. The lowest BCUT2D eigenvalue weighted by molar-refractivity contribution is -0.147. The highest BCUT2D eigenvalue weighted by atomic mass is 32.2. The summed E-state index contributed by atoms with van der Waals surface area (Å²) in [6, 6.07) is 0.430. The van der Waals surface area contributed by atoms with E-state index in [1.54, 1.807) is 12.2 Å². The van der Waals surface area contributed by atoms with Crippen molar-refractivity contribution in [1.29, 1.82) is 0 Å². The first-order valence-corrected chi connectivity index (χ1v) is 14.0. The smallest absolute Gasteiger partial charge is 0.294 e. The highest BCUT2D eigenvalue weighted by molar-refractivity contribution is 7.90. The van der Waals surface area contributed by atoms with Crippen LogP contribution in [0.5, 0.6) is 0 Å². The molecule has 0 aliphatic heterocycles. The van der Waals surface area contributed by atoms with Gasteiger partial charge in [-0.1, -0.05) is 26.0 Å². The molecular weight excluding hydrogens is 422 g/mol. The van der Waals surface area contributed by atoms with Gasteiger partial charge in [0, 0.05) is 18.0 Å². The third kappa shape index (κ3) is 3.60. The van der Waals surface area contributed by atoms with Crippen LogP contribution in [0.3, 0.4) is 0 Å². The van der Waals surface area contributed by atoms with Crippen molar-refractivity contribution in [2.24, 2.45) is 40.4 Å². The van der Waals surface area contributed by atoms with Gasteiger partial charge < -0.3 is 4.90 Å². The molecule has 4 aliphatic rings. The summed E-state index contributed by atoms with van der Waals surface area (Å²) in [7, 11) is -4.16. The van der Waals surface area contributed by atoms with Crippen LogP contribution in [0.25, 0.3) is 0 Å². The number of carbonyl (C=O) groups is 1. The third-order valence-electron chi connectivity index (χ3n) is 9.78. The molecule has 1 amide bonds. The van der Waals surface area contributed by atoms with Crippen LogP contribution in [-0.2, 0) is 14.9 Å². The molecule has 0 aromatic heterocycles. The van der Waals surface area contributed by atoms with Crippen molar-refractivity contribution in [2.45, 2.75) is 92.2 Å². The van der Waals surface area contributed by atoms with Crippen LogP contribution in [0.1, 0.15) is 80.1 Å². The van der Waals surface area contributed by atoms with E-state index in [9.17, 15) is 17.8 Å². The Morgan fingerprint density at radius 3 is 2.28 bits per heavy atom. The van der Waals surface area contributed by atoms with Gasteiger partial charge in [-0.15, -0.1) is 0 Å². The topological polar surface area (TPSA) is 74.7 Å². The molecule has 0 aromatic carbocycles. The number of carbonyl (C=O) groups excluding carboxylic acids is 1. The summed E-state index contributed by atoms with van der Waals surface area (Å²) in [5, 5.41) is 0. The summed E-state index contributed by atoms with van der Waals surface area (Å²) >= 11 is 0. The molecule has 180 valence electrons. The second-order valence-electron chi connectivity index (χ2n) is 11.9. The molecule has 7 atom stereocenters. The highest BCUT2D eigenvalue weighted by Crippen LogP contribution is 2.66. The Labute approximate surface area is 194 Å². The molecule has 4 unspecified atom stereocenters. The molecule has 4 rings (SSSR count). The lowest BCUT2D eigenvalue weighted by Crippen LogP contribution is -2.54. The quantitative estimate of drug-likeness (QED) is 0.563. The number of fused-ring (bicyclic) bond motifs is 5. The fourth-order valence-electron chi connectivity index (χ4n) is 8.31. The molecule has 3 saturated carbocycles. The number of nitrogens with zero attached hydrogens (tertiary/aromatic N) is 1. The monoisotopic (exact) mass is 463 g/mol. The van der Waals surface area contributed by atoms with Crippen molar-refractivity contribution in [3.63, 3.8) is 0 Å². The van der Waals surface area contributed by atoms with Gasteiger partial charge >= 0.3 is 0 Å². The van der Waals surface area contributed by atoms with Crippen LogP contribution in [0.15, 0.2) is 23.1 Å². The minimum atomic E-state index is -4.16. The van der Waals surface area contributed by atoms with Crippen LogP contribution >= 0.6 is 0 Å². The Morgan fingerprint density at radius 2 is 1.69 bits per heavy atom. The maximum absolute atomic E-state index is 13.7. The molecule has 32 heavy (non-hydrogen) atoms. The van der Waals surface area contributed by atoms with E-state index in [1.165, 1.54) is 0 Å². The Bertz CT molecular complexity index is 927. The van der Waals surface area contributed by atoms with Gasteiger partial charge in [-0.05, 0) is 107 Å². The molecule has 0 bridgehead atoms. The fraction of sp³-hybridized carbons (Fsp3) is 0.808. The molecule has 1 N–H and O–H groups in total. The molecule has 3 fully saturated rings. The summed E-state index contributed by atoms with van der Waals surface area (Å²) in [6.45, 7) is 13.1. The van der Waals surface area contributed by atoms with E-state index in [2.05, 4.69) is 52.5 Å². The minimum Gasteiger partial charge on any atom is -0.338 e. The molecule has 4 aliphatic carbocycles. The zero-order valence-electron chi connectivity index (χ0n) is 20.5. The molecule has 0 heterocycles. The van der Waals surface area contributed by atoms with Crippen LogP contribution in [0.2, 0.25) is 0 Å². The number of rotatable bonds is 4. The predicted molar refractivity (Wildman–Crippen MR) is 127 cm³/mol. The number of hydrogen-bond donors (Lipinski definition) is 1. The average Bonchev–Trinajstić information content (AvgIpc) is 3.03. The van der Waals surface area contributed by atoms with Crippen LogP contribution in [0.4, 0.5) is 0 Å². The van der Waals surface area contributed by atoms with Crippen molar-refractivity contribution >= 4 is 16.0 Å². The molecular formula is C26H41NO4S. The van der Waals surface area contributed by atoms with E-state index in [0.717, 1.165) is 38.5 Å². The number of amides is 1. The molecule has 0 aromatic rings. The van der Waals surface area contributed by atoms with E-state index < -0.39 is 10.1 Å². The standard InChI is InChI=1S/C26H41NO4S/c1-16(2)27(17(3)4)24(28)23-10-9-21-20-8-7-18-15-19(32(29,30)31)11-13-25(18,5)22(20)12-14-26(21,23)6/h11,13,15-18,20-23H,7-10,12,14H2,1-6H3,(H,29,30,31)/t18?,20?,21?,22?,23-,25+,26+/m1/s1. The SMILES string of the molecule is CC(C)N(C(=O)[C@H]1CCC2C3CCC4C=C(S(=O)(=O)O)C=C[C@]4(C)C3CC[C@@]21C)C(C)C. The maximum Gasteiger partial charge on any atom is 0.294 e. The Kier molecular flexibility index (Phi) is 5.98. The Hall–Kier alpha value is -1.14. The second kappa shape index (κ2) is 7.97. The van der Waals surface area contributed by atoms with Gasteiger partial charge in [-0.2, -0.15) is 8.42 Å². The lowest BCUT2D eigenvalue weighted by Gasteiger charge is -2.58. The Morgan fingerprint density at radius 1 is 1.03 bits per heavy atom. The summed E-state index contributed by atoms with van der Waals surface area (Å²) < 4.78 is 32.9. The maximum atomic E-state index is 13.7. The predicted octanol–water partition coefficient (Wildman–Crippen LogP) is 5.45. The number of allylic oxidation sites excluding steroid dienone is 3. The van der Waals surface area contributed by atoms with E-state index in [0.29, 0.717) is 23.7 Å². The molecule has 0 spiro atoms. The summed E-state index contributed by atoms with van der Waals surface area (Å²) in [5.41, 5.74) is -0.0280. The van der Waals surface area contributed by atoms with Gasteiger partial charge in [0.05, 0.1) is 4.91 Å². The van der Waals surface area contributed by atoms with Crippen molar-refractivity contribution < 1.29 is 17.8 Å². The average molecular weight is 464 g/mol. The first kappa shape index (κ1) is 24.0.